The van der Waals surface area contributed by atoms with Crippen molar-refractivity contribution in [3.05, 3.63) is 58.4 Å². The van der Waals surface area contributed by atoms with E-state index in [9.17, 15) is 13.6 Å². The minimum absolute atomic E-state index is 0.00253. The van der Waals surface area contributed by atoms with E-state index in [1.807, 2.05) is 31.2 Å². The Morgan fingerprint density at radius 1 is 1.42 bits per heavy atom. The Morgan fingerprint density at radius 3 is 2.83 bits per heavy atom. The van der Waals surface area contributed by atoms with Crippen LogP contribution in [0.2, 0.25) is 0 Å². The summed E-state index contributed by atoms with van der Waals surface area (Å²) in [5.41, 5.74) is 2.00. The third kappa shape index (κ3) is 3.33. The summed E-state index contributed by atoms with van der Waals surface area (Å²) in [6.07, 6.45) is -0.174. The number of carbonyl (C=O) groups is 1. The van der Waals surface area contributed by atoms with Gasteiger partial charge in [-0.3, -0.25) is 4.68 Å². The van der Waals surface area contributed by atoms with E-state index in [1.54, 1.807) is 0 Å². The molecule has 0 bridgehead atoms. The van der Waals surface area contributed by atoms with Gasteiger partial charge in [-0.2, -0.15) is 5.10 Å². The highest BCUT2D eigenvalue weighted by molar-refractivity contribution is 7.15. The van der Waals surface area contributed by atoms with Gasteiger partial charge in [0.1, 0.15) is 5.01 Å². The number of thiazole rings is 1. The molecule has 2 heterocycles. The number of nitrogens with zero attached hydrogens (tertiary/aromatic N) is 3. The molecule has 0 spiro atoms. The average molecular weight is 349 g/mol. The highest BCUT2D eigenvalue weighted by atomic mass is 32.1. The molecule has 8 heteroatoms. The second-order valence-corrected chi connectivity index (χ2v) is 6.26. The first-order valence-electron chi connectivity index (χ1n) is 7.04. The second kappa shape index (κ2) is 6.48. The molecule has 0 aliphatic carbocycles. The van der Waals surface area contributed by atoms with E-state index in [2.05, 4.69) is 10.1 Å². The molecule has 0 aliphatic heterocycles. The van der Waals surface area contributed by atoms with Gasteiger partial charge >= 0.3 is 5.97 Å². The first kappa shape index (κ1) is 16.3. The lowest BCUT2D eigenvalue weighted by molar-refractivity contribution is 0.0696. The zero-order valence-electron chi connectivity index (χ0n) is 12.6. The number of aromatic nitrogens is 3. The number of alkyl halides is 2. The molecule has 0 fully saturated rings. The van der Waals surface area contributed by atoms with Gasteiger partial charge in [-0.1, -0.05) is 23.8 Å². The summed E-state index contributed by atoms with van der Waals surface area (Å²) in [6.45, 7) is 1.92. The molecular formula is C16H13F2N3O2S. The van der Waals surface area contributed by atoms with Crippen molar-refractivity contribution >= 4 is 17.3 Å². The smallest absolute Gasteiger partial charge is 0.338 e. The third-order valence-electron chi connectivity index (χ3n) is 3.38. The number of aromatic carboxylic acids is 1. The maximum Gasteiger partial charge on any atom is 0.338 e. The molecule has 3 aromatic rings. The Labute approximate surface area is 140 Å². The predicted molar refractivity (Wildman–Crippen MR) is 85.5 cm³/mol. The van der Waals surface area contributed by atoms with Crippen LogP contribution in [0.25, 0.3) is 10.6 Å². The van der Waals surface area contributed by atoms with Crippen LogP contribution in [0.3, 0.4) is 0 Å². The molecule has 0 aliphatic rings. The largest absolute Gasteiger partial charge is 0.478 e. The quantitative estimate of drug-likeness (QED) is 0.756. The van der Waals surface area contributed by atoms with Crippen molar-refractivity contribution in [1.82, 2.24) is 14.8 Å². The molecule has 0 amide bonds. The zero-order valence-corrected chi connectivity index (χ0v) is 13.4. The van der Waals surface area contributed by atoms with Crippen molar-refractivity contribution in [3.63, 3.8) is 0 Å². The fraction of sp³-hybridized carbons (Fsp3) is 0.188. The SMILES string of the molecule is Cc1cccc(-c2nc(Cn3cc(C(=O)O)cn3)c(C(F)F)s2)c1. The molecule has 0 atom stereocenters. The molecule has 0 saturated heterocycles. The first-order chi connectivity index (χ1) is 11.4. The summed E-state index contributed by atoms with van der Waals surface area (Å²) in [4.78, 5) is 15.1. The van der Waals surface area contributed by atoms with Crippen molar-refractivity contribution in [2.75, 3.05) is 0 Å². The lowest BCUT2D eigenvalue weighted by Crippen LogP contribution is -2.03. The van der Waals surface area contributed by atoms with Gasteiger partial charge in [-0.05, 0) is 13.0 Å². The van der Waals surface area contributed by atoms with Crippen LogP contribution in [-0.2, 0) is 6.54 Å². The van der Waals surface area contributed by atoms with E-state index in [4.69, 9.17) is 5.11 Å². The van der Waals surface area contributed by atoms with E-state index in [0.29, 0.717) is 5.01 Å². The second-order valence-electron chi connectivity index (χ2n) is 5.23. The molecule has 2 aromatic heterocycles. The molecule has 0 unspecified atom stereocenters. The molecule has 3 rings (SSSR count). The first-order valence-corrected chi connectivity index (χ1v) is 7.86. The average Bonchev–Trinajstić information content (AvgIpc) is 3.15. The van der Waals surface area contributed by atoms with Gasteiger partial charge < -0.3 is 5.11 Å². The van der Waals surface area contributed by atoms with Crippen LogP contribution in [0.15, 0.2) is 36.7 Å². The number of aryl methyl sites for hydroxylation is 1. The van der Waals surface area contributed by atoms with Crippen LogP contribution in [0.1, 0.15) is 32.9 Å². The van der Waals surface area contributed by atoms with Gasteiger partial charge in [0.25, 0.3) is 6.43 Å². The molecule has 0 radical (unpaired) electrons. The molecule has 0 saturated carbocycles. The molecule has 1 aromatic carbocycles. The lowest BCUT2D eigenvalue weighted by atomic mass is 10.1. The molecule has 124 valence electrons. The van der Waals surface area contributed by atoms with Crippen molar-refractivity contribution in [2.45, 2.75) is 19.9 Å². The molecular weight excluding hydrogens is 336 g/mol. The van der Waals surface area contributed by atoms with Gasteiger partial charge in [0.2, 0.25) is 0 Å². The van der Waals surface area contributed by atoms with Crippen LogP contribution in [-0.4, -0.2) is 25.8 Å². The number of halogens is 2. The Hall–Kier alpha value is -2.61. The number of hydrogen-bond acceptors (Lipinski definition) is 4. The van der Waals surface area contributed by atoms with E-state index in [1.165, 1.54) is 17.1 Å². The van der Waals surface area contributed by atoms with Crippen LogP contribution < -0.4 is 0 Å². The maximum atomic E-state index is 13.3. The molecule has 24 heavy (non-hydrogen) atoms. The lowest BCUT2D eigenvalue weighted by Gasteiger charge is -2.01. The fourth-order valence-corrected chi connectivity index (χ4v) is 3.19. The number of benzene rings is 1. The molecule has 1 N–H and O–H groups in total. The predicted octanol–water partition coefficient (Wildman–Crippen LogP) is 4.00. The minimum atomic E-state index is -2.65. The van der Waals surface area contributed by atoms with Crippen molar-refractivity contribution in [2.24, 2.45) is 0 Å². The Morgan fingerprint density at radius 2 is 2.21 bits per heavy atom. The van der Waals surface area contributed by atoms with Crippen LogP contribution in [0, 0.1) is 6.92 Å². The summed E-state index contributed by atoms with van der Waals surface area (Å²) < 4.78 is 27.9. The van der Waals surface area contributed by atoms with Gasteiger partial charge in [-0.25, -0.2) is 18.6 Å². The third-order valence-corrected chi connectivity index (χ3v) is 4.54. The number of carboxylic acids is 1. The standard InChI is InChI=1S/C16H13F2N3O2S/c1-9-3-2-4-10(5-9)15-20-12(13(24-15)14(17)18)8-21-7-11(6-19-21)16(22)23/h2-7,14H,8H2,1H3,(H,22,23). The normalized spacial score (nSPS) is 11.2. The van der Waals surface area contributed by atoms with E-state index < -0.39 is 12.4 Å². The van der Waals surface area contributed by atoms with Gasteiger partial charge in [0.15, 0.2) is 0 Å². The van der Waals surface area contributed by atoms with Crippen molar-refractivity contribution in [1.29, 1.82) is 0 Å². The fourth-order valence-electron chi connectivity index (χ4n) is 2.26. The zero-order chi connectivity index (χ0) is 17.3. The highest BCUT2D eigenvalue weighted by Crippen LogP contribution is 2.35. The monoisotopic (exact) mass is 349 g/mol. The summed E-state index contributed by atoms with van der Waals surface area (Å²) in [7, 11) is 0. The van der Waals surface area contributed by atoms with Crippen molar-refractivity contribution in [3.8, 4) is 10.6 Å². The summed E-state index contributed by atoms with van der Waals surface area (Å²) in [5, 5.41) is 13.3. The number of carboxylic acid groups (broad SMARTS) is 1. The van der Waals surface area contributed by atoms with Crippen LogP contribution in [0.4, 0.5) is 8.78 Å². The highest BCUT2D eigenvalue weighted by Gasteiger charge is 2.21. The maximum absolute atomic E-state index is 13.3. The van der Waals surface area contributed by atoms with E-state index in [-0.39, 0.29) is 22.7 Å². The Kier molecular flexibility index (Phi) is 4.39. The van der Waals surface area contributed by atoms with Gasteiger partial charge in [-0.15, -0.1) is 11.3 Å². The van der Waals surface area contributed by atoms with Crippen LogP contribution >= 0.6 is 11.3 Å². The number of hydrogen-bond donors (Lipinski definition) is 1. The summed E-state index contributed by atoms with van der Waals surface area (Å²) >= 11 is 0.943. The summed E-state index contributed by atoms with van der Waals surface area (Å²) in [5.74, 6) is -1.12. The van der Waals surface area contributed by atoms with Crippen molar-refractivity contribution < 1.29 is 18.7 Å². The Balaban J connectivity index is 1.95. The van der Waals surface area contributed by atoms with Gasteiger partial charge in [0.05, 0.1) is 28.9 Å². The van der Waals surface area contributed by atoms with Gasteiger partial charge in [0, 0.05) is 11.8 Å². The molecule has 5 nitrogen and oxygen atoms in total. The Bertz CT molecular complexity index is 889. The van der Waals surface area contributed by atoms with Crippen LogP contribution in [0.5, 0.6) is 0 Å². The summed E-state index contributed by atoms with van der Waals surface area (Å²) in [6, 6.07) is 7.47. The van der Waals surface area contributed by atoms with E-state index in [0.717, 1.165) is 22.5 Å². The number of rotatable bonds is 5. The minimum Gasteiger partial charge on any atom is -0.478 e. The topological polar surface area (TPSA) is 68.0 Å². The van der Waals surface area contributed by atoms with E-state index >= 15 is 0 Å².